The normalized spacial score (nSPS) is 33.4. The topological polar surface area (TPSA) is 412 Å². The predicted molar refractivity (Wildman–Crippen MR) is 219 cm³/mol. The molecule has 5 saturated heterocycles. The maximum atomic E-state index is 12.1. The first-order valence-corrected chi connectivity index (χ1v) is 20.7. The summed E-state index contributed by atoms with van der Waals surface area (Å²) in [5, 5.41) is 108. The molecule has 68 heavy (non-hydrogen) atoms. The fourth-order valence-corrected chi connectivity index (χ4v) is 8.28. The Hall–Kier alpha value is -6.36. The number of ether oxygens (including phenoxy) is 6. The van der Waals surface area contributed by atoms with E-state index in [4.69, 9.17) is 39.4 Å². The van der Waals surface area contributed by atoms with E-state index in [0.717, 1.165) is 21.8 Å². The number of aliphatic hydroxyl groups is 11. The Morgan fingerprint density at radius 2 is 1.09 bits per heavy atom. The van der Waals surface area contributed by atoms with Crippen LogP contribution in [0.3, 0.4) is 0 Å². The molecule has 2 aromatic heterocycles. The summed E-state index contributed by atoms with van der Waals surface area (Å²) in [5.74, 6) is -12.6. The Labute approximate surface area is 381 Å². The number of carbonyl (C=O) groups excluding carboxylic acids is 6. The van der Waals surface area contributed by atoms with Crippen LogP contribution in [-0.4, -0.2) is 193 Å². The number of aromatic nitrogens is 2. The average Bonchev–Trinajstić information content (AvgIpc) is 4.21. The first kappa shape index (κ1) is 49.5. The second-order valence-electron chi connectivity index (χ2n) is 16.4. The second kappa shape index (κ2) is 18.6. The van der Waals surface area contributed by atoms with Crippen molar-refractivity contribution < 1.29 is 113 Å². The van der Waals surface area contributed by atoms with Crippen LogP contribution in [0.2, 0.25) is 0 Å². The number of hydrogen-bond acceptors (Lipinski definition) is 23. The summed E-state index contributed by atoms with van der Waals surface area (Å²) in [5.41, 5.74) is -1.53. The minimum Gasteiger partial charge on any atom is -0.505 e. The standard InChI is InChI=1S/2C15H15NO6.C7H10O5.C6H6O6/c2*17-11-7-21-15(20)12(11)22-13(18)14(15,19)5-8-6-16-10-4-2-1-3-9(8)10;1-2-3(8)6-4(9)5(10)7(11)12-6;7-1-2(8)5-3(9)4(10)6(11)12-5/h2*1-4,6,11-12,16-17,19-20H,5,7H2;3,6,8-10H,2H2,1H3;2,5,7-8H,1H2/t2*11-,12+,14?,15-;3-,6+;2-,5+/m0000/s1. The van der Waals surface area contributed by atoms with Gasteiger partial charge in [0.15, 0.2) is 30.2 Å². The highest BCUT2D eigenvalue weighted by atomic mass is 16.7. The van der Waals surface area contributed by atoms with Crippen LogP contribution in [0.25, 0.3) is 21.8 Å². The number of H-pyrrole nitrogens is 2. The quantitative estimate of drug-likeness (QED) is 0.0459. The molecular formula is C43H46N2O23. The Morgan fingerprint density at radius 3 is 1.47 bits per heavy atom. The number of fused-ring (bicyclic) bond motifs is 4. The molecule has 0 bridgehead atoms. The van der Waals surface area contributed by atoms with Crippen LogP contribution in [0.4, 0.5) is 0 Å². The van der Waals surface area contributed by atoms with Gasteiger partial charge in [-0.15, -0.1) is 0 Å². The lowest BCUT2D eigenvalue weighted by Gasteiger charge is -2.31. The van der Waals surface area contributed by atoms with E-state index in [1.54, 1.807) is 19.3 Å². The van der Waals surface area contributed by atoms with E-state index >= 15 is 0 Å². The molecule has 0 aliphatic carbocycles. The highest BCUT2D eigenvalue weighted by Gasteiger charge is 2.74. The molecule has 8 heterocycles. The van der Waals surface area contributed by atoms with Crippen molar-refractivity contribution in [3.05, 3.63) is 83.6 Å². The van der Waals surface area contributed by atoms with E-state index in [9.17, 15) is 64.5 Å². The molecule has 366 valence electrons. The van der Waals surface area contributed by atoms with Crippen molar-refractivity contribution in [2.45, 2.75) is 97.8 Å². The molecule has 0 spiro atoms. The van der Waals surface area contributed by atoms with Gasteiger partial charge >= 0.3 is 29.7 Å². The summed E-state index contributed by atoms with van der Waals surface area (Å²) in [6.45, 7) is 0.521. The number of para-hydroxylation sites is 2. The summed E-state index contributed by atoms with van der Waals surface area (Å²) in [6, 6.07) is 14.8. The number of benzene rings is 2. The SMILES string of the molecule is CC[C@H](O)[C@H]1OC(=O)C(O)=C1O.O=C1O[C@@H]2[C@@H](O)CO[C@]2(O)C1(O)Cc1c[nH]c2ccccc12.O=C1O[C@@H]2[C@@H](O)CO[C@]2(O)C1(O)Cc1c[nH]c2ccccc12.O=C1O[C@H]([C@@H](O)CO)C(=O)C1=O. The Morgan fingerprint density at radius 1 is 0.647 bits per heavy atom. The number of rotatable bonds is 8. The first-order valence-electron chi connectivity index (χ1n) is 20.7. The molecule has 2 unspecified atom stereocenters. The predicted octanol–water partition coefficient (Wildman–Crippen LogP) is -3.69. The maximum Gasteiger partial charge on any atom is 0.383 e. The van der Waals surface area contributed by atoms with Crippen LogP contribution >= 0.6 is 0 Å². The van der Waals surface area contributed by atoms with Gasteiger partial charge in [-0.2, -0.15) is 0 Å². The van der Waals surface area contributed by atoms with E-state index in [0.29, 0.717) is 17.5 Å². The van der Waals surface area contributed by atoms with Gasteiger partial charge in [-0.05, 0) is 29.7 Å². The van der Waals surface area contributed by atoms with Gasteiger partial charge in [0.05, 0.1) is 25.9 Å². The molecule has 25 heteroatoms. The number of nitrogens with one attached hydrogen (secondary N) is 2. The van der Waals surface area contributed by atoms with Crippen LogP contribution < -0.4 is 0 Å². The van der Waals surface area contributed by atoms with Gasteiger partial charge in [0, 0.05) is 47.0 Å². The molecule has 4 aromatic rings. The third-order valence-corrected chi connectivity index (χ3v) is 12.1. The molecule has 13 N–H and O–H groups in total. The monoisotopic (exact) mass is 958 g/mol. The van der Waals surface area contributed by atoms with Crippen LogP contribution in [0.15, 0.2) is 72.4 Å². The van der Waals surface area contributed by atoms with Crippen LogP contribution in [-0.2, 0) is 70.0 Å². The number of ketones is 2. The van der Waals surface area contributed by atoms with Crippen LogP contribution in [0.1, 0.15) is 24.5 Å². The summed E-state index contributed by atoms with van der Waals surface area (Å²) in [6.07, 6.45) is -6.73. The summed E-state index contributed by atoms with van der Waals surface area (Å²) in [4.78, 5) is 72.6. The lowest BCUT2D eigenvalue weighted by atomic mass is 9.85. The number of esters is 4. The van der Waals surface area contributed by atoms with Crippen molar-refractivity contribution in [2.24, 2.45) is 0 Å². The second-order valence-corrected chi connectivity index (χ2v) is 16.4. The summed E-state index contributed by atoms with van der Waals surface area (Å²) < 4.78 is 28.8. The average molecular weight is 959 g/mol. The molecule has 0 saturated carbocycles. The minimum absolute atomic E-state index is 0.185. The van der Waals surface area contributed by atoms with Gasteiger partial charge in [-0.1, -0.05) is 43.3 Å². The van der Waals surface area contributed by atoms with Gasteiger partial charge in [-0.3, -0.25) is 9.59 Å². The number of Topliss-reactive ketones (excluding diaryl/α,β-unsaturated/α-hetero) is 2. The Bertz CT molecular complexity index is 2520. The third-order valence-electron chi connectivity index (χ3n) is 12.1. The van der Waals surface area contributed by atoms with E-state index < -0.39 is 125 Å². The van der Waals surface area contributed by atoms with Crippen molar-refractivity contribution in [2.75, 3.05) is 19.8 Å². The molecule has 5 fully saturated rings. The molecule has 6 aliphatic heterocycles. The number of carbonyl (C=O) groups is 6. The van der Waals surface area contributed by atoms with E-state index in [-0.39, 0.29) is 26.1 Å². The molecular weight excluding hydrogens is 912 g/mol. The highest BCUT2D eigenvalue weighted by Crippen LogP contribution is 2.46. The zero-order valence-electron chi connectivity index (χ0n) is 35.5. The van der Waals surface area contributed by atoms with Crippen LogP contribution in [0.5, 0.6) is 0 Å². The highest BCUT2D eigenvalue weighted by molar-refractivity contribution is 6.65. The number of cyclic esters (lactones) is 2. The van der Waals surface area contributed by atoms with Gasteiger partial charge in [0.1, 0.15) is 18.3 Å². The zero-order valence-corrected chi connectivity index (χ0v) is 35.5. The van der Waals surface area contributed by atoms with Crippen LogP contribution in [0, 0.1) is 0 Å². The number of aliphatic hydroxyl groups excluding tert-OH is 7. The van der Waals surface area contributed by atoms with E-state index in [2.05, 4.69) is 19.4 Å². The van der Waals surface area contributed by atoms with Crippen molar-refractivity contribution in [1.29, 1.82) is 0 Å². The van der Waals surface area contributed by atoms with Gasteiger partial charge in [-0.25, -0.2) is 19.2 Å². The fraction of sp³-hybridized carbons (Fsp3) is 0.442. The first-order chi connectivity index (χ1) is 32.1. The number of aromatic amines is 2. The maximum absolute atomic E-state index is 12.1. The van der Waals surface area contributed by atoms with Crippen molar-refractivity contribution >= 4 is 57.2 Å². The zero-order chi connectivity index (χ0) is 49.7. The molecule has 12 atom stereocenters. The van der Waals surface area contributed by atoms with E-state index in [1.165, 1.54) is 0 Å². The largest absolute Gasteiger partial charge is 0.505 e. The molecule has 2 aromatic carbocycles. The molecule has 0 radical (unpaired) electrons. The van der Waals surface area contributed by atoms with Crippen molar-refractivity contribution in [3.63, 3.8) is 0 Å². The van der Waals surface area contributed by atoms with E-state index in [1.807, 2.05) is 48.5 Å². The molecule has 25 nitrogen and oxygen atoms in total. The number of hydrogen-bond donors (Lipinski definition) is 13. The van der Waals surface area contributed by atoms with Crippen molar-refractivity contribution in [3.8, 4) is 0 Å². The summed E-state index contributed by atoms with van der Waals surface area (Å²) in [7, 11) is 0. The lowest BCUT2D eigenvalue weighted by molar-refractivity contribution is -0.262. The molecule has 0 amide bonds. The van der Waals surface area contributed by atoms with Crippen molar-refractivity contribution in [1.82, 2.24) is 9.97 Å². The molecule has 6 aliphatic rings. The fourth-order valence-electron chi connectivity index (χ4n) is 8.28. The summed E-state index contributed by atoms with van der Waals surface area (Å²) >= 11 is 0. The smallest absolute Gasteiger partial charge is 0.383 e. The molecule has 10 rings (SSSR count). The van der Waals surface area contributed by atoms with Gasteiger partial charge in [0.2, 0.25) is 28.5 Å². The third kappa shape index (κ3) is 8.25. The van der Waals surface area contributed by atoms with Gasteiger partial charge < -0.3 is 94.6 Å². The van der Waals surface area contributed by atoms with Gasteiger partial charge in [0.25, 0.3) is 5.78 Å². The Kier molecular flexibility index (Phi) is 13.6. The Balaban J connectivity index is 0.000000140. The minimum atomic E-state index is -2.26. The lowest BCUT2D eigenvalue weighted by Crippen LogP contribution is -2.59.